The molecule has 1 atom stereocenters. The molecule has 0 heterocycles. The topological polar surface area (TPSA) is 12.0 Å². The summed E-state index contributed by atoms with van der Waals surface area (Å²) in [6.07, 6.45) is 0.964. The number of benzene rings is 2. The summed E-state index contributed by atoms with van der Waals surface area (Å²) in [5.41, 5.74) is 2.03. The molecule has 0 saturated heterocycles. The van der Waals surface area contributed by atoms with Gasteiger partial charge in [0.25, 0.3) is 0 Å². The fourth-order valence-electron chi connectivity index (χ4n) is 1.92. The SMILES string of the molecule is CCC(Nc1c(Cl)cccc1Cl)c1ccccc1. The van der Waals surface area contributed by atoms with E-state index < -0.39 is 0 Å². The fourth-order valence-corrected chi connectivity index (χ4v) is 2.42. The molecule has 2 aromatic rings. The molecule has 1 nitrogen and oxygen atoms in total. The number of rotatable bonds is 4. The van der Waals surface area contributed by atoms with E-state index in [2.05, 4.69) is 24.4 Å². The molecule has 0 bridgehead atoms. The Morgan fingerprint density at radius 3 is 2.11 bits per heavy atom. The van der Waals surface area contributed by atoms with Crippen LogP contribution in [0, 0.1) is 0 Å². The van der Waals surface area contributed by atoms with Gasteiger partial charge in [0.2, 0.25) is 0 Å². The molecule has 0 spiro atoms. The zero-order valence-corrected chi connectivity index (χ0v) is 11.7. The lowest BCUT2D eigenvalue weighted by molar-refractivity contribution is 0.749. The molecule has 3 heteroatoms. The molecule has 2 aromatic carbocycles. The van der Waals surface area contributed by atoms with Crippen LogP contribution >= 0.6 is 23.2 Å². The molecule has 0 amide bonds. The average Bonchev–Trinajstić information content (AvgIpc) is 2.40. The van der Waals surface area contributed by atoms with Gasteiger partial charge < -0.3 is 5.32 Å². The van der Waals surface area contributed by atoms with Crippen molar-refractivity contribution in [2.45, 2.75) is 19.4 Å². The number of halogens is 2. The summed E-state index contributed by atoms with van der Waals surface area (Å²) in [6, 6.07) is 16.0. The molecule has 0 radical (unpaired) electrons. The minimum Gasteiger partial charge on any atom is -0.376 e. The predicted octanol–water partition coefficient (Wildman–Crippen LogP) is 5.56. The molecule has 0 saturated carbocycles. The minimum absolute atomic E-state index is 0.212. The second-order valence-corrected chi connectivity index (χ2v) is 4.93. The first-order valence-corrected chi connectivity index (χ1v) is 6.73. The molecule has 18 heavy (non-hydrogen) atoms. The van der Waals surface area contributed by atoms with Gasteiger partial charge in [0, 0.05) is 0 Å². The second-order valence-electron chi connectivity index (χ2n) is 4.11. The van der Waals surface area contributed by atoms with E-state index in [9.17, 15) is 0 Å². The summed E-state index contributed by atoms with van der Waals surface area (Å²) >= 11 is 12.3. The van der Waals surface area contributed by atoms with Crippen molar-refractivity contribution in [3.8, 4) is 0 Å². The van der Waals surface area contributed by atoms with E-state index >= 15 is 0 Å². The van der Waals surface area contributed by atoms with Crippen LogP contribution in [0.2, 0.25) is 10.0 Å². The molecule has 0 aliphatic rings. The highest BCUT2D eigenvalue weighted by Crippen LogP contribution is 2.33. The average molecular weight is 280 g/mol. The highest BCUT2D eigenvalue weighted by atomic mass is 35.5. The van der Waals surface area contributed by atoms with E-state index in [-0.39, 0.29) is 6.04 Å². The number of nitrogens with one attached hydrogen (secondary N) is 1. The molecule has 0 fully saturated rings. The monoisotopic (exact) mass is 279 g/mol. The van der Waals surface area contributed by atoms with E-state index in [4.69, 9.17) is 23.2 Å². The van der Waals surface area contributed by atoms with Crippen LogP contribution in [-0.2, 0) is 0 Å². The third-order valence-electron chi connectivity index (χ3n) is 2.89. The lowest BCUT2D eigenvalue weighted by atomic mass is 10.0. The third kappa shape index (κ3) is 2.98. The Morgan fingerprint density at radius 2 is 1.56 bits per heavy atom. The van der Waals surface area contributed by atoms with Crippen LogP contribution < -0.4 is 5.32 Å². The van der Waals surface area contributed by atoms with Crippen molar-refractivity contribution in [3.63, 3.8) is 0 Å². The van der Waals surface area contributed by atoms with Crippen molar-refractivity contribution in [2.24, 2.45) is 0 Å². The van der Waals surface area contributed by atoms with Crippen LogP contribution in [0.1, 0.15) is 24.9 Å². The van der Waals surface area contributed by atoms with Crippen LogP contribution in [0.15, 0.2) is 48.5 Å². The van der Waals surface area contributed by atoms with Gasteiger partial charge in [-0.05, 0) is 24.1 Å². The van der Waals surface area contributed by atoms with Gasteiger partial charge in [-0.1, -0.05) is 66.5 Å². The maximum atomic E-state index is 6.17. The molecule has 0 aliphatic heterocycles. The molecule has 0 aromatic heterocycles. The first kappa shape index (κ1) is 13.3. The quantitative estimate of drug-likeness (QED) is 0.773. The van der Waals surface area contributed by atoms with E-state index in [1.807, 2.05) is 36.4 Å². The smallest absolute Gasteiger partial charge is 0.0723 e. The molecule has 1 unspecified atom stereocenters. The van der Waals surface area contributed by atoms with Gasteiger partial charge >= 0.3 is 0 Å². The third-order valence-corrected chi connectivity index (χ3v) is 3.52. The van der Waals surface area contributed by atoms with Crippen molar-refractivity contribution in [2.75, 3.05) is 5.32 Å². The summed E-state index contributed by atoms with van der Waals surface area (Å²) < 4.78 is 0. The normalized spacial score (nSPS) is 12.2. The Labute approximate surface area is 118 Å². The Hall–Kier alpha value is -1.18. The van der Waals surface area contributed by atoms with Crippen LogP contribution in [-0.4, -0.2) is 0 Å². The second kappa shape index (κ2) is 6.12. The molecule has 94 valence electrons. The van der Waals surface area contributed by atoms with Crippen molar-refractivity contribution in [1.29, 1.82) is 0 Å². The van der Waals surface area contributed by atoms with Crippen molar-refractivity contribution < 1.29 is 0 Å². The first-order chi connectivity index (χ1) is 8.72. The standard InChI is InChI=1S/C15H15Cl2N/c1-2-14(11-7-4-3-5-8-11)18-15-12(16)9-6-10-13(15)17/h3-10,14,18H,2H2,1H3. The van der Waals surface area contributed by atoms with E-state index in [0.29, 0.717) is 10.0 Å². The van der Waals surface area contributed by atoms with E-state index in [0.717, 1.165) is 12.1 Å². The lowest BCUT2D eigenvalue weighted by Crippen LogP contribution is -2.10. The van der Waals surface area contributed by atoms with Gasteiger partial charge in [-0.2, -0.15) is 0 Å². The number of anilines is 1. The van der Waals surface area contributed by atoms with Crippen LogP contribution in [0.3, 0.4) is 0 Å². The van der Waals surface area contributed by atoms with Gasteiger partial charge in [0.1, 0.15) is 0 Å². The number of para-hydroxylation sites is 1. The predicted molar refractivity (Wildman–Crippen MR) is 79.6 cm³/mol. The van der Waals surface area contributed by atoms with Gasteiger partial charge in [0.05, 0.1) is 21.8 Å². The summed E-state index contributed by atoms with van der Waals surface area (Å²) in [5, 5.41) is 4.72. The van der Waals surface area contributed by atoms with Crippen LogP contribution in [0.25, 0.3) is 0 Å². The lowest BCUT2D eigenvalue weighted by Gasteiger charge is -2.20. The Bertz CT molecular complexity index is 491. The largest absolute Gasteiger partial charge is 0.376 e. The van der Waals surface area contributed by atoms with Gasteiger partial charge in [-0.3, -0.25) is 0 Å². The fraction of sp³-hybridized carbons (Fsp3) is 0.200. The number of hydrogen-bond donors (Lipinski definition) is 1. The first-order valence-electron chi connectivity index (χ1n) is 5.98. The van der Waals surface area contributed by atoms with Crippen molar-refractivity contribution >= 4 is 28.9 Å². The molecule has 2 rings (SSSR count). The Morgan fingerprint density at radius 1 is 0.944 bits per heavy atom. The summed E-state index contributed by atoms with van der Waals surface area (Å²) in [4.78, 5) is 0. The summed E-state index contributed by atoms with van der Waals surface area (Å²) in [5.74, 6) is 0. The van der Waals surface area contributed by atoms with E-state index in [1.165, 1.54) is 5.56 Å². The van der Waals surface area contributed by atoms with Gasteiger partial charge in [0.15, 0.2) is 0 Å². The minimum atomic E-state index is 0.212. The van der Waals surface area contributed by atoms with Gasteiger partial charge in [-0.25, -0.2) is 0 Å². The van der Waals surface area contributed by atoms with Crippen LogP contribution in [0.5, 0.6) is 0 Å². The Kier molecular flexibility index (Phi) is 4.51. The van der Waals surface area contributed by atoms with Gasteiger partial charge in [-0.15, -0.1) is 0 Å². The maximum absolute atomic E-state index is 6.17. The van der Waals surface area contributed by atoms with Crippen molar-refractivity contribution in [1.82, 2.24) is 0 Å². The van der Waals surface area contributed by atoms with E-state index in [1.54, 1.807) is 0 Å². The number of hydrogen-bond acceptors (Lipinski definition) is 1. The molecular formula is C15H15Cl2N. The highest BCUT2D eigenvalue weighted by molar-refractivity contribution is 6.39. The highest BCUT2D eigenvalue weighted by Gasteiger charge is 2.12. The maximum Gasteiger partial charge on any atom is 0.0723 e. The summed E-state index contributed by atoms with van der Waals surface area (Å²) in [6.45, 7) is 2.13. The van der Waals surface area contributed by atoms with Crippen molar-refractivity contribution in [3.05, 3.63) is 64.1 Å². The molecular weight excluding hydrogens is 265 g/mol. The van der Waals surface area contributed by atoms with Crippen LogP contribution in [0.4, 0.5) is 5.69 Å². The molecule has 0 aliphatic carbocycles. The Balaban J connectivity index is 2.26. The molecule has 1 N–H and O–H groups in total. The zero-order valence-electron chi connectivity index (χ0n) is 10.2. The summed E-state index contributed by atoms with van der Waals surface area (Å²) in [7, 11) is 0. The zero-order chi connectivity index (χ0) is 13.0.